The van der Waals surface area contributed by atoms with Crippen molar-refractivity contribution in [2.45, 2.75) is 65.6 Å². The molecule has 0 spiro atoms. The zero-order valence-electron chi connectivity index (χ0n) is 16.1. The molecule has 3 heteroatoms. The number of esters is 1. The van der Waals surface area contributed by atoms with Crippen LogP contribution in [0.15, 0.2) is 43.0 Å². The molecule has 0 aromatic heterocycles. The highest BCUT2D eigenvalue weighted by atomic mass is 16.6. The molecule has 1 aromatic rings. The van der Waals surface area contributed by atoms with Crippen LogP contribution in [0.2, 0.25) is 0 Å². The number of carbonyl (C=O) groups is 1. The van der Waals surface area contributed by atoms with Crippen molar-refractivity contribution >= 4 is 5.97 Å². The normalized spacial score (nSPS) is 14.5. The van der Waals surface area contributed by atoms with Gasteiger partial charge in [0.1, 0.15) is 5.60 Å². The Morgan fingerprint density at radius 2 is 1.79 bits per heavy atom. The molecular formula is C21H33NO2. The molecule has 0 bridgehead atoms. The van der Waals surface area contributed by atoms with Crippen molar-refractivity contribution in [3.05, 3.63) is 48.6 Å². The predicted octanol–water partition coefficient (Wildman–Crippen LogP) is 4.99. The first-order valence-electron chi connectivity index (χ1n) is 8.79. The highest BCUT2D eigenvalue weighted by Crippen LogP contribution is 2.27. The van der Waals surface area contributed by atoms with Gasteiger partial charge in [-0.15, -0.1) is 6.58 Å². The zero-order chi connectivity index (χ0) is 18.3. The quantitative estimate of drug-likeness (QED) is 0.496. The molecule has 0 fully saturated rings. The number of carbonyl (C=O) groups excluding carboxylic acids is 1. The van der Waals surface area contributed by atoms with E-state index in [2.05, 4.69) is 56.5 Å². The molecule has 3 nitrogen and oxygen atoms in total. The van der Waals surface area contributed by atoms with Gasteiger partial charge in [0.25, 0.3) is 0 Å². The molecule has 0 aliphatic carbocycles. The zero-order valence-corrected chi connectivity index (χ0v) is 16.1. The van der Waals surface area contributed by atoms with Gasteiger partial charge in [-0.3, -0.25) is 9.69 Å². The van der Waals surface area contributed by atoms with E-state index in [0.717, 1.165) is 6.54 Å². The van der Waals surface area contributed by atoms with Crippen molar-refractivity contribution in [1.29, 1.82) is 0 Å². The molecule has 0 aliphatic heterocycles. The van der Waals surface area contributed by atoms with E-state index in [1.165, 1.54) is 5.56 Å². The Hall–Kier alpha value is -1.61. The molecule has 0 radical (unpaired) electrons. The highest BCUT2D eigenvalue weighted by molar-refractivity contribution is 5.70. The fourth-order valence-electron chi connectivity index (χ4n) is 2.94. The minimum absolute atomic E-state index is 0.105. The Balaban J connectivity index is 2.98. The van der Waals surface area contributed by atoms with E-state index >= 15 is 0 Å². The topological polar surface area (TPSA) is 29.5 Å². The van der Waals surface area contributed by atoms with E-state index in [-0.39, 0.29) is 18.1 Å². The molecular weight excluding hydrogens is 298 g/mol. The molecule has 0 saturated carbocycles. The number of hydrogen-bond acceptors (Lipinski definition) is 3. The monoisotopic (exact) mass is 331 g/mol. The molecule has 0 N–H and O–H groups in total. The molecule has 2 atom stereocenters. The van der Waals surface area contributed by atoms with Crippen LogP contribution < -0.4 is 0 Å². The van der Waals surface area contributed by atoms with Crippen LogP contribution in [0.5, 0.6) is 0 Å². The fraction of sp³-hybridized carbons (Fsp3) is 0.571. The molecule has 0 aliphatic rings. The first-order valence-corrected chi connectivity index (χ1v) is 8.79. The first-order chi connectivity index (χ1) is 11.2. The van der Waals surface area contributed by atoms with Crippen molar-refractivity contribution in [3.8, 4) is 0 Å². The summed E-state index contributed by atoms with van der Waals surface area (Å²) in [6.45, 7) is 16.9. The summed E-state index contributed by atoms with van der Waals surface area (Å²) in [5, 5.41) is 0. The predicted molar refractivity (Wildman–Crippen MR) is 101 cm³/mol. The number of nitrogens with zero attached hydrogens (tertiary/aromatic N) is 1. The highest BCUT2D eigenvalue weighted by Gasteiger charge is 2.30. The smallest absolute Gasteiger partial charge is 0.307 e. The van der Waals surface area contributed by atoms with Crippen LogP contribution in [0, 0.1) is 5.92 Å². The number of rotatable bonds is 8. The first kappa shape index (κ1) is 20.4. The van der Waals surface area contributed by atoms with Crippen LogP contribution in [0.1, 0.15) is 59.6 Å². The van der Waals surface area contributed by atoms with Gasteiger partial charge >= 0.3 is 5.97 Å². The van der Waals surface area contributed by atoms with Gasteiger partial charge in [0.05, 0.1) is 6.42 Å². The summed E-state index contributed by atoms with van der Waals surface area (Å²) >= 11 is 0. The Kier molecular flexibility index (Phi) is 7.68. The Bertz CT molecular complexity index is 516. The molecule has 24 heavy (non-hydrogen) atoms. The Morgan fingerprint density at radius 1 is 1.21 bits per heavy atom. The van der Waals surface area contributed by atoms with E-state index in [1.807, 2.05) is 32.9 Å². The lowest BCUT2D eigenvalue weighted by Crippen LogP contribution is -2.43. The van der Waals surface area contributed by atoms with Crippen molar-refractivity contribution < 1.29 is 9.53 Å². The minimum atomic E-state index is -0.451. The second kappa shape index (κ2) is 9.03. The van der Waals surface area contributed by atoms with Crippen LogP contribution >= 0.6 is 0 Å². The maximum atomic E-state index is 12.4. The SMILES string of the molecule is C=CCN(C(C)c1ccccc1)C(CC(=O)OC(C)(C)C)C(C)C. The minimum Gasteiger partial charge on any atom is -0.460 e. The molecule has 1 aromatic carbocycles. The van der Waals surface area contributed by atoms with Gasteiger partial charge in [-0.1, -0.05) is 50.3 Å². The summed E-state index contributed by atoms with van der Waals surface area (Å²) in [6, 6.07) is 10.7. The van der Waals surface area contributed by atoms with Gasteiger partial charge in [-0.05, 0) is 39.2 Å². The number of ether oxygens (including phenoxy) is 1. The van der Waals surface area contributed by atoms with Gasteiger partial charge in [0, 0.05) is 18.6 Å². The van der Waals surface area contributed by atoms with Crippen LogP contribution in [-0.4, -0.2) is 29.1 Å². The lowest BCUT2D eigenvalue weighted by Gasteiger charge is -2.38. The molecule has 0 saturated heterocycles. The molecule has 134 valence electrons. The lowest BCUT2D eigenvalue weighted by atomic mass is 9.95. The summed E-state index contributed by atoms with van der Waals surface area (Å²) < 4.78 is 5.54. The van der Waals surface area contributed by atoms with Crippen molar-refractivity contribution in [2.24, 2.45) is 5.92 Å². The van der Waals surface area contributed by atoms with Gasteiger partial charge in [-0.2, -0.15) is 0 Å². The van der Waals surface area contributed by atoms with Gasteiger partial charge in [-0.25, -0.2) is 0 Å². The summed E-state index contributed by atoms with van der Waals surface area (Å²) in [5.74, 6) is 0.194. The van der Waals surface area contributed by atoms with Crippen molar-refractivity contribution in [3.63, 3.8) is 0 Å². The lowest BCUT2D eigenvalue weighted by molar-refractivity contribution is -0.157. The second-order valence-electron chi connectivity index (χ2n) is 7.67. The third-order valence-electron chi connectivity index (χ3n) is 4.11. The van der Waals surface area contributed by atoms with E-state index in [0.29, 0.717) is 12.3 Å². The van der Waals surface area contributed by atoms with Gasteiger partial charge in [0.2, 0.25) is 0 Å². The maximum absolute atomic E-state index is 12.4. The van der Waals surface area contributed by atoms with E-state index < -0.39 is 5.60 Å². The molecule has 0 heterocycles. The van der Waals surface area contributed by atoms with Crippen LogP contribution in [0.4, 0.5) is 0 Å². The largest absolute Gasteiger partial charge is 0.460 e. The Labute approximate surface area is 147 Å². The van der Waals surface area contributed by atoms with E-state index in [4.69, 9.17) is 4.74 Å². The van der Waals surface area contributed by atoms with Crippen LogP contribution in [-0.2, 0) is 9.53 Å². The second-order valence-corrected chi connectivity index (χ2v) is 7.67. The molecule has 1 rings (SSSR count). The average molecular weight is 332 g/mol. The van der Waals surface area contributed by atoms with Gasteiger partial charge < -0.3 is 4.74 Å². The van der Waals surface area contributed by atoms with Crippen LogP contribution in [0.3, 0.4) is 0 Å². The fourth-order valence-corrected chi connectivity index (χ4v) is 2.94. The number of hydrogen-bond donors (Lipinski definition) is 0. The van der Waals surface area contributed by atoms with E-state index in [1.54, 1.807) is 0 Å². The summed E-state index contributed by atoms with van der Waals surface area (Å²) in [7, 11) is 0. The molecule has 0 amide bonds. The van der Waals surface area contributed by atoms with Gasteiger partial charge in [0.15, 0.2) is 0 Å². The van der Waals surface area contributed by atoms with Crippen molar-refractivity contribution in [2.75, 3.05) is 6.54 Å². The molecule has 2 unspecified atom stereocenters. The third-order valence-corrected chi connectivity index (χ3v) is 4.11. The van der Waals surface area contributed by atoms with Crippen molar-refractivity contribution in [1.82, 2.24) is 4.90 Å². The Morgan fingerprint density at radius 3 is 2.25 bits per heavy atom. The summed E-state index contributed by atoms with van der Waals surface area (Å²) in [5.41, 5.74) is 0.793. The average Bonchev–Trinajstić information content (AvgIpc) is 2.49. The summed E-state index contributed by atoms with van der Waals surface area (Å²) in [4.78, 5) is 14.7. The summed E-state index contributed by atoms with van der Waals surface area (Å²) in [6.07, 6.45) is 2.30. The maximum Gasteiger partial charge on any atom is 0.307 e. The third kappa shape index (κ3) is 6.48. The standard InChI is InChI=1S/C21H33NO2/c1-8-14-22(17(4)18-12-10-9-11-13-18)19(16(2)3)15-20(23)24-21(5,6)7/h8-13,16-17,19H,1,14-15H2,2-7H3. The van der Waals surface area contributed by atoms with E-state index in [9.17, 15) is 4.79 Å². The number of benzene rings is 1. The van der Waals surface area contributed by atoms with Crippen LogP contribution in [0.25, 0.3) is 0 Å².